The third-order valence-electron chi connectivity index (χ3n) is 5.09. The quantitative estimate of drug-likeness (QED) is 0.298. The van der Waals surface area contributed by atoms with Gasteiger partial charge in [0.15, 0.2) is 0 Å². The first kappa shape index (κ1) is 16.8. The number of nitrogens with zero attached hydrogens (tertiary/aromatic N) is 2. The van der Waals surface area contributed by atoms with Gasteiger partial charge >= 0.3 is 0 Å². The molecule has 0 fully saturated rings. The summed E-state index contributed by atoms with van der Waals surface area (Å²) in [5.74, 6) is 0. The minimum Gasteiger partial charge on any atom is -0.309 e. The van der Waals surface area contributed by atoms with Gasteiger partial charge in [0.05, 0.1) is 22.7 Å². The maximum absolute atomic E-state index is 9.39. The molecule has 3 heteroatoms. The van der Waals surface area contributed by atoms with E-state index in [1.165, 1.54) is 5.56 Å². The van der Waals surface area contributed by atoms with Crippen LogP contribution in [0.5, 0.6) is 0 Å². The van der Waals surface area contributed by atoms with Crippen molar-refractivity contribution in [3.63, 3.8) is 0 Å². The van der Waals surface area contributed by atoms with Gasteiger partial charge in [-0.2, -0.15) is 5.26 Å². The number of hydrogen-bond donors (Lipinski definition) is 0. The Morgan fingerprint density at radius 2 is 1.32 bits per heavy atom. The van der Waals surface area contributed by atoms with Crippen LogP contribution < -0.4 is 0 Å². The summed E-state index contributed by atoms with van der Waals surface area (Å²) < 4.78 is 3.33. The van der Waals surface area contributed by atoms with Gasteiger partial charge in [0.1, 0.15) is 0 Å². The summed E-state index contributed by atoms with van der Waals surface area (Å²) in [5.41, 5.74) is 6.36. The number of benzene rings is 4. The van der Waals surface area contributed by atoms with E-state index in [-0.39, 0.29) is 0 Å². The van der Waals surface area contributed by atoms with Gasteiger partial charge in [-0.25, -0.2) is 0 Å². The van der Waals surface area contributed by atoms with E-state index in [0.29, 0.717) is 5.56 Å². The van der Waals surface area contributed by atoms with Crippen molar-refractivity contribution >= 4 is 37.7 Å². The third kappa shape index (κ3) is 2.70. The summed E-state index contributed by atoms with van der Waals surface area (Å²) in [4.78, 5) is 0. The molecule has 28 heavy (non-hydrogen) atoms. The fourth-order valence-corrected chi connectivity index (χ4v) is 4.03. The largest absolute Gasteiger partial charge is 0.309 e. The van der Waals surface area contributed by atoms with Crippen LogP contribution in [0, 0.1) is 11.3 Å². The molecule has 132 valence electrons. The minimum absolute atomic E-state index is 0.675. The van der Waals surface area contributed by atoms with E-state index < -0.39 is 0 Å². The van der Waals surface area contributed by atoms with Crippen LogP contribution in [0.2, 0.25) is 0 Å². The molecule has 4 aromatic carbocycles. The molecule has 0 amide bonds. The Morgan fingerprint density at radius 1 is 0.679 bits per heavy atom. The number of fused-ring (bicyclic) bond motifs is 3. The van der Waals surface area contributed by atoms with Crippen molar-refractivity contribution in [3.05, 3.63) is 101 Å². The van der Waals surface area contributed by atoms with Crippen LogP contribution >= 0.6 is 15.9 Å². The summed E-state index contributed by atoms with van der Waals surface area (Å²) in [5, 5.41) is 11.6. The Labute approximate surface area is 171 Å². The maximum Gasteiger partial charge on any atom is 0.0991 e. The number of hydrogen-bond acceptors (Lipinski definition) is 1. The Morgan fingerprint density at radius 3 is 2.04 bits per heavy atom. The lowest BCUT2D eigenvalue weighted by Gasteiger charge is -2.08. The highest BCUT2D eigenvalue weighted by molar-refractivity contribution is 9.10. The van der Waals surface area contributed by atoms with Crippen molar-refractivity contribution in [2.75, 3.05) is 0 Å². The van der Waals surface area contributed by atoms with E-state index in [9.17, 15) is 5.26 Å². The molecule has 0 N–H and O–H groups in total. The molecule has 1 heterocycles. The van der Waals surface area contributed by atoms with Crippen LogP contribution in [0.15, 0.2) is 95.5 Å². The summed E-state index contributed by atoms with van der Waals surface area (Å²) in [6, 6.07) is 33.4. The molecular weight excluding hydrogens is 408 g/mol. The SMILES string of the molecule is N#Cc1ccc2c(c1)c1cc(-c3ccc(Br)cc3)ccc1n2-c1ccccc1. The molecule has 0 spiro atoms. The molecule has 0 radical (unpaired) electrons. The smallest absolute Gasteiger partial charge is 0.0991 e. The van der Waals surface area contributed by atoms with E-state index in [2.05, 4.69) is 81.2 Å². The average Bonchev–Trinajstić information content (AvgIpc) is 3.07. The number of rotatable bonds is 2. The van der Waals surface area contributed by atoms with Crippen LogP contribution in [0.3, 0.4) is 0 Å². The van der Waals surface area contributed by atoms with Gasteiger partial charge in [0, 0.05) is 20.9 Å². The van der Waals surface area contributed by atoms with Gasteiger partial charge < -0.3 is 4.57 Å². The average molecular weight is 423 g/mol. The van der Waals surface area contributed by atoms with Crippen molar-refractivity contribution in [2.24, 2.45) is 0 Å². The lowest BCUT2D eigenvalue weighted by molar-refractivity contribution is 1.18. The second kappa shape index (κ2) is 6.67. The molecule has 0 aliphatic rings. The molecule has 0 atom stereocenters. The highest BCUT2D eigenvalue weighted by atomic mass is 79.9. The van der Waals surface area contributed by atoms with Crippen molar-refractivity contribution in [2.45, 2.75) is 0 Å². The van der Waals surface area contributed by atoms with Crippen LogP contribution in [0.4, 0.5) is 0 Å². The minimum atomic E-state index is 0.675. The molecule has 0 saturated carbocycles. The highest BCUT2D eigenvalue weighted by Crippen LogP contribution is 2.35. The van der Waals surface area contributed by atoms with Crippen molar-refractivity contribution < 1.29 is 0 Å². The van der Waals surface area contributed by atoms with Crippen molar-refractivity contribution in [1.29, 1.82) is 5.26 Å². The number of para-hydroxylation sites is 1. The van der Waals surface area contributed by atoms with E-state index in [1.807, 2.05) is 36.4 Å². The number of nitriles is 1. The topological polar surface area (TPSA) is 28.7 Å². The van der Waals surface area contributed by atoms with Gasteiger partial charge in [-0.1, -0.05) is 52.3 Å². The predicted octanol–water partition coefficient (Wildman–Crippen LogP) is 7.08. The van der Waals surface area contributed by atoms with Crippen LogP contribution in [-0.4, -0.2) is 4.57 Å². The lowest BCUT2D eigenvalue weighted by Crippen LogP contribution is -1.93. The molecule has 0 bridgehead atoms. The number of halogens is 1. The molecule has 5 aromatic rings. The zero-order chi connectivity index (χ0) is 19.1. The fraction of sp³-hybridized carbons (Fsp3) is 0. The van der Waals surface area contributed by atoms with Gasteiger partial charge in [0.25, 0.3) is 0 Å². The molecule has 0 unspecified atom stereocenters. The van der Waals surface area contributed by atoms with Gasteiger partial charge in [-0.05, 0) is 65.7 Å². The van der Waals surface area contributed by atoms with Gasteiger partial charge in [-0.3, -0.25) is 0 Å². The summed E-state index contributed by atoms with van der Waals surface area (Å²) >= 11 is 3.50. The fourth-order valence-electron chi connectivity index (χ4n) is 3.77. The van der Waals surface area contributed by atoms with Crippen molar-refractivity contribution in [3.8, 4) is 22.9 Å². The lowest BCUT2D eigenvalue weighted by atomic mass is 10.0. The Hall–Kier alpha value is -3.35. The van der Waals surface area contributed by atoms with E-state index in [0.717, 1.165) is 37.5 Å². The van der Waals surface area contributed by atoms with Gasteiger partial charge in [0.2, 0.25) is 0 Å². The third-order valence-corrected chi connectivity index (χ3v) is 5.61. The maximum atomic E-state index is 9.39. The highest BCUT2D eigenvalue weighted by Gasteiger charge is 2.13. The zero-order valence-corrected chi connectivity index (χ0v) is 16.5. The molecular formula is C25H15BrN2. The molecule has 1 aromatic heterocycles. The molecule has 5 rings (SSSR count). The Balaban J connectivity index is 1.85. The zero-order valence-electron chi connectivity index (χ0n) is 14.9. The second-order valence-electron chi connectivity index (χ2n) is 6.75. The standard InChI is InChI=1S/C25H15BrN2/c26-20-10-7-18(8-11-20)19-9-13-25-23(15-19)22-14-17(16-27)6-12-24(22)28(25)21-4-2-1-3-5-21/h1-15H. The van der Waals surface area contributed by atoms with Crippen LogP contribution in [-0.2, 0) is 0 Å². The Bertz CT molecular complexity index is 1360. The first-order valence-electron chi connectivity index (χ1n) is 9.04. The molecule has 0 saturated heterocycles. The summed E-state index contributed by atoms with van der Waals surface area (Å²) in [6.45, 7) is 0. The predicted molar refractivity (Wildman–Crippen MR) is 119 cm³/mol. The van der Waals surface area contributed by atoms with Crippen LogP contribution in [0.25, 0.3) is 38.6 Å². The number of aromatic nitrogens is 1. The monoisotopic (exact) mass is 422 g/mol. The molecule has 2 nitrogen and oxygen atoms in total. The van der Waals surface area contributed by atoms with Crippen molar-refractivity contribution in [1.82, 2.24) is 4.57 Å². The van der Waals surface area contributed by atoms with Gasteiger partial charge in [-0.15, -0.1) is 0 Å². The Kier molecular flexibility index (Phi) is 4.00. The summed E-state index contributed by atoms with van der Waals surface area (Å²) in [7, 11) is 0. The van der Waals surface area contributed by atoms with E-state index in [1.54, 1.807) is 0 Å². The first-order valence-corrected chi connectivity index (χ1v) is 9.83. The van der Waals surface area contributed by atoms with Crippen LogP contribution in [0.1, 0.15) is 5.56 Å². The second-order valence-corrected chi connectivity index (χ2v) is 7.67. The van der Waals surface area contributed by atoms with E-state index in [4.69, 9.17) is 0 Å². The summed E-state index contributed by atoms with van der Waals surface area (Å²) in [6.07, 6.45) is 0. The molecule has 0 aliphatic carbocycles. The normalized spacial score (nSPS) is 11.0. The first-order chi connectivity index (χ1) is 13.7. The van der Waals surface area contributed by atoms with E-state index >= 15 is 0 Å². The molecule has 0 aliphatic heterocycles.